The van der Waals surface area contributed by atoms with Crippen molar-refractivity contribution in [3.8, 4) is 0 Å². The van der Waals surface area contributed by atoms with Crippen LogP contribution in [0.15, 0.2) is 58.3 Å². The smallest absolute Gasteiger partial charge is 0.227 e. The van der Waals surface area contributed by atoms with Gasteiger partial charge in [0.1, 0.15) is 9.79 Å². The normalized spacial score (nSPS) is 23.4. The molecule has 0 aliphatic carbocycles. The summed E-state index contributed by atoms with van der Waals surface area (Å²) in [6, 6.07) is 16.2. The zero-order valence-electron chi connectivity index (χ0n) is 36.1. The predicted octanol–water partition coefficient (Wildman–Crippen LogP) is 3.69. The molecule has 10 rings (SSSR count). The van der Waals surface area contributed by atoms with E-state index in [1.807, 2.05) is 36.4 Å². The molecule has 0 bridgehead atoms. The summed E-state index contributed by atoms with van der Waals surface area (Å²) in [6.07, 6.45) is 6.58. The van der Waals surface area contributed by atoms with Gasteiger partial charge in [-0.25, -0.2) is 23.1 Å². The van der Waals surface area contributed by atoms with Crippen LogP contribution in [0.4, 0.5) is 34.9 Å². The third-order valence-corrected chi connectivity index (χ3v) is 17.1. The Hall–Kier alpha value is -3.85. The van der Waals surface area contributed by atoms with Crippen LogP contribution in [0.25, 0.3) is 0 Å². The predicted molar refractivity (Wildman–Crippen MR) is 258 cm³/mol. The molecule has 0 saturated carbocycles. The summed E-state index contributed by atoms with van der Waals surface area (Å²) in [6.45, 7) is 9.35. The third-order valence-electron chi connectivity index (χ3n) is 13.0. The number of anilines is 6. The Bertz CT molecular complexity index is 2470. The number of aromatic nitrogens is 4. The average molecular weight is 972 g/mol. The lowest BCUT2D eigenvalue weighted by Crippen LogP contribution is -2.47. The maximum Gasteiger partial charge on any atom is 0.227 e. The maximum absolute atomic E-state index is 12.8. The first-order valence-corrected chi connectivity index (χ1v) is 27.5. The highest BCUT2D eigenvalue weighted by Crippen LogP contribution is 2.38. The Morgan fingerprint density at radius 3 is 1.45 bits per heavy atom. The number of halogens is 2. The summed E-state index contributed by atoms with van der Waals surface area (Å²) < 4.78 is 51.5. The zero-order valence-corrected chi connectivity index (χ0v) is 40.0. The van der Waals surface area contributed by atoms with Crippen molar-refractivity contribution in [2.45, 2.75) is 60.4 Å². The van der Waals surface area contributed by atoms with Crippen LogP contribution in [0.1, 0.15) is 37.1 Å². The van der Waals surface area contributed by atoms with Crippen molar-refractivity contribution in [2.24, 2.45) is 5.73 Å². The number of nitrogens with two attached hydrogens (primary N) is 1. The Kier molecular flexibility index (Phi) is 13.8. The van der Waals surface area contributed by atoms with E-state index in [9.17, 15) is 16.8 Å². The van der Waals surface area contributed by atoms with Crippen LogP contribution in [-0.2, 0) is 44.5 Å². The minimum atomic E-state index is -3.29. The average Bonchev–Trinajstić information content (AvgIpc) is 4.13. The van der Waals surface area contributed by atoms with E-state index in [2.05, 4.69) is 46.3 Å². The summed E-state index contributed by atoms with van der Waals surface area (Å²) in [5, 5.41) is 1.48. The van der Waals surface area contributed by atoms with Gasteiger partial charge in [-0.15, -0.1) is 0 Å². The van der Waals surface area contributed by atoms with Gasteiger partial charge in [0.15, 0.2) is 11.6 Å². The number of hydrogen-bond donors (Lipinski definition) is 2. The fourth-order valence-corrected chi connectivity index (χ4v) is 13.0. The molecule has 2 unspecified atom stereocenters. The number of benzene rings is 2. The van der Waals surface area contributed by atoms with Gasteiger partial charge in [-0.05, 0) is 74.2 Å². The second kappa shape index (κ2) is 19.5. The monoisotopic (exact) mass is 970 g/mol. The van der Waals surface area contributed by atoms with E-state index in [0.29, 0.717) is 42.8 Å². The van der Waals surface area contributed by atoms with Crippen LogP contribution in [0, 0.1) is 0 Å². The lowest BCUT2D eigenvalue weighted by Gasteiger charge is -2.37. The Labute approximate surface area is 390 Å². The Morgan fingerprint density at radius 1 is 0.625 bits per heavy atom. The standard InChI is InChI=1S/C22H29ClN6O3S2.C21H27ClN6OS/c1-34(31,32)24-15-18-3-2-9-29(18)21-20-19(8-14-33(20)30)25-22(26-21)28-12-10-27(11-13-28)17-6-4-16(23)5-7-17;22-15-3-5-16(6-4-15)26-9-11-27(12-10-26)21-24-18-7-13-30(29)19(18)20(25-21)28-8-1-2-17(28)14-23/h4-7,18,24H,2-3,8-15H2,1H3;3-6,17H,1-2,7-14,23H2/t18-,33?;17-,30?/m00/s1. The van der Waals surface area contributed by atoms with E-state index in [1.165, 1.54) is 11.9 Å². The zero-order chi connectivity index (χ0) is 44.5. The van der Waals surface area contributed by atoms with Gasteiger partial charge in [0.05, 0.1) is 39.2 Å². The summed E-state index contributed by atoms with van der Waals surface area (Å²) in [7, 11) is -5.43. The molecular formula is C43H56Cl2N12O4S3. The number of sulfonamides is 1. The van der Waals surface area contributed by atoms with Gasteiger partial charge in [-0.1, -0.05) is 23.2 Å². The summed E-state index contributed by atoms with van der Waals surface area (Å²) in [5.41, 5.74) is 10.2. The molecule has 0 radical (unpaired) electrons. The minimum absolute atomic E-state index is 0.0130. The molecule has 4 saturated heterocycles. The van der Waals surface area contributed by atoms with E-state index >= 15 is 0 Å². The molecule has 2 aromatic heterocycles. The second-order valence-electron chi connectivity index (χ2n) is 17.1. The lowest BCUT2D eigenvalue weighted by molar-refractivity contribution is 0.570. The largest absolute Gasteiger partial charge is 0.368 e. The van der Waals surface area contributed by atoms with Crippen LogP contribution < -0.4 is 39.9 Å². The van der Waals surface area contributed by atoms with Gasteiger partial charge in [0.25, 0.3) is 0 Å². The molecule has 64 heavy (non-hydrogen) atoms. The van der Waals surface area contributed by atoms with E-state index in [1.54, 1.807) is 0 Å². The number of rotatable bonds is 10. The van der Waals surface area contributed by atoms with Crippen molar-refractivity contribution in [1.29, 1.82) is 0 Å². The fourth-order valence-electron chi connectivity index (χ4n) is 9.57. The van der Waals surface area contributed by atoms with Crippen LogP contribution in [0.5, 0.6) is 0 Å². The van der Waals surface area contributed by atoms with Gasteiger partial charge in [-0.3, -0.25) is 8.42 Å². The Balaban J connectivity index is 0.000000163. The summed E-state index contributed by atoms with van der Waals surface area (Å²) in [5.74, 6) is 4.22. The number of hydrogen-bond acceptors (Lipinski definition) is 15. The highest BCUT2D eigenvalue weighted by atomic mass is 35.5. The van der Waals surface area contributed by atoms with E-state index in [-0.39, 0.29) is 12.1 Å². The summed E-state index contributed by atoms with van der Waals surface area (Å²) >= 11 is 12.1. The van der Waals surface area contributed by atoms with Gasteiger partial charge >= 0.3 is 0 Å². The van der Waals surface area contributed by atoms with E-state index < -0.39 is 31.6 Å². The topological polar surface area (TPSA) is 177 Å². The minimum Gasteiger partial charge on any atom is -0.368 e. The maximum atomic E-state index is 12.8. The number of piperazine rings is 2. The van der Waals surface area contributed by atoms with E-state index in [0.717, 1.165) is 146 Å². The third kappa shape index (κ3) is 9.95. The molecule has 4 atom stereocenters. The van der Waals surface area contributed by atoms with Crippen LogP contribution in [-0.4, -0.2) is 145 Å². The second-order valence-corrected chi connectivity index (χ2v) is 22.8. The number of nitrogens with one attached hydrogen (secondary N) is 1. The van der Waals surface area contributed by atoms with Crippen molar-refractivity contribution in [1.82, 2.24) is 24.7 Å². The van der Waals surface area contributed by atoms with Crippen molar-refractivity contribution in [3.05, 3.63) is 70.0 Å². The van der Waals surface area contributed by atoms with Crippen molar-refractivity contribution >= 4 is 89.7 Å². The highest BCUT2D eigenvalue weighted by Gasteiger charge is 2.36. The van der Waals surface area contributed by atoms with E-state index in [4.69, 9.17) is 48.9 Å². The molecule has 4 aromatic rings. The molecule has 2 aromatic carbocycles. The molecule has 4 fully saturated rings. The van der Waals surface area contributed by atoms with Gasteiger partial charge < -0.3 is 35.1 Å². The lowest BCUT2D eigenvalue weighted by atomic mass is 10.2. The first-order valence-electron chi connectivity index (χ1n) is 22.2. The SMILES string of the molecule is CS(=O)(=O)NC[C@@H]1CCCN1c1nc(N2CCN(c3ccc(Cl)cc3)CC2)nc2c1S(=O)CC2.NC[C@@H]1CCCN1c1nc(N2CCN(c3ccc(Cl)cc3)CC2)nc2c1S(=O)CC2. The quantitative estimate of drug-likeness (QED) is 0.235. The van der Waals surface area contributed by atoms with Crippen LogP contribution in [0.2, 0.25) is 10.0 Å². The first kappa shape index (κ1) is 45.3. The molecule has 344 valence electrons. The van der Waals surface area contributed by atoms with Crippen LogP contribution in [0.3, 0.4) is 0 Å². The Morgan fingerprint density at radius 2 is 1.03 bits per heavy atom. The number of aryl methyl sites for hydroxylation is 2. The highest BCUT2D eigenvalue weighted by molar-refractivity contribution is 7.88. The van der Waals surface area contributed by atoms with Gasteiger partial charge in [0.2, 0.25) is 21.9 Å². The molecule has 6 aliphatic rings. The number of nitrogens with zero attached hydrogens (tertiary/aromatic N) is 10. The molecule has 3 N–H and O–H groups in total. The van der Waals surface area contributed by atoms with Gasteiger partial charge in [0, 0.05) is 136 Å². The van der Waals surface area contributed by atoms with Crippen molar-refractivity contribution < 1.29 is 16.8 Å². The molecule has 0 amide bonds. The molecule has 16 nitrogen and oxygen atoms in total. The summed E-state index contributed by atoms with van der Waals surface area (Å²) in [4.78, 5) is 34.7. The molecule has 0 spiro atoms. The fraction of sp³-hybridized carbons (Fsp3) is 0.535. The van der Waals surface area contributed by atoms with Crippen molar-refractivity contribution in [2.75, 3.05) is 126 Å². The number of fused-ring (bicyclic) bond motifs is 2. The molecule has 21 heteroatoms. The van der Waals surface area contributed by atoms with Crippen LogP contribution >= 0.6 is 23.2 Å². The molecule has 6 aliphatic heterocycles. The molecular weight excluding hydrogens is 916 g/mol. The first-order chi connectivity index (χ1) is 30.9. The van der Waals surface area contributed by atoms with Crippen molar-refractivity contribution in [3.63, 3.8) is 0 Å². The van der Waals surface area contributed by atoms with Gasteiger partial charge in [-0.2, -0.15) is 9.97 Å². The molecule has 8 heterocycles.